The highest BCUT2D eigenvalue weighted by atomic mass is 32.2. The molecule has 1 spiro atoms. The maximum absolute atomic E-state index is 12.7. The smallest absolute Gasteiger partial charge is 0.422 e. The summed E-state index contributed by atoms with van der Waals surface area (Å²) in [6.07, 6.45) is 1.92. The Morgan fingerprint density at radius 3 is 2.37 bits per heavy atom. The van der Waals surface area contributed by atoms with Crippen LogP contribution in [0, 0.1) is 5.92 Å². The molecule has 0 bridgehead atoms. The van der Waals surface area contributed by atoms with Gasteiger partial charge in [-0.15, -0.1) is 0 Å². The van der Waals surface area contributed by atoms with Crippen molar-refractivity contribution in [3.63, 3.8) is 0 Å². The second-order valence-corrected chi connectivity index (χ2v) is 12.0. The number of nitrogens with one attached hydrogen (secondary N) is 1. The standard InChI is InChI=1S/C23H37N3O8S/c1-15(2)6-7-18-22(4,34-18)20-19(31-5)17(8-9-23(20)14-32-23)33-21(28)24-35(29,30)26-12-10-25(11-13-26)16(3)27/h6,17-20H,7-14H2,1-5H3,(H,24,28)/t17-,18-,19-,20-,22+,23+/m1/s1. The van der Waals surface area contributed by atoms with E-state index in [2.05, 4.69) is 6.08 Å². The fraction of sp³-hybridized carbons (Fsp3) is 0.826. The monoisotopic (exact) mass is 515 g/mol. The normalized spacial score (nSPS) is 37.0. The first-order chi connectivity index (χ1) is 16.4. The topological polar surface area (TPSA) is 130 Å². The van der Waals surface area contributed by atoms with E-state index in [0.717, 1.165) is 10.7 Å². The van der Waals surface area contributed by atoms with E-state index < -0.39 is 34.1 Å². The third-order valence-corrected chi connectivity index (χ3v) is 9.20. The van der Waals surface area contributed by atoms with Gasteiger partial charge in [-0.05, 0) is 40.0 Å². The molecule has 6 atom stereocenters. The molecule has 3 heterocycles. The number of carbonyl (C=O) groups excluding carboxylic acids is 2. The quantitative estimate of drug-likeness (QED) is 0.395. The van der Waals surface area contributed by atoms with Crippen LogP contribution in [0.15, 0.2) is 11.6 Å². The van der Waals surface area contributed by atoms with E-state index in [-0.39, 0.29) is 49.7 Å². The van der Waals surface area contributed by atoms with Crippen LogP contribution in [0.4, 0.5) is 4.79 Å². The van der Waals surface area contributed by atoms with Crippen LogP contribution >= 0.6 is 0 Å². The second-order valence-electron chi connectivity index (χ2n) is 10.3. The number of allylic oxidation sites excluding steroid dienone is 1. The van der Waals surface area contributed by atoms with Crippen molar-refractivity contribution in [2.75, 3.05) is 39.9 Å². The summed E-state index contributed by atoms with van der Waals surface area (Å²) in [7, 11) is -2.53. The van der Waals surface area contributed by atoms with E-state index in [9.17, 15) is 18.0 Å². The van der Waals surface area contributed by atoms with Crippen molar-refractivity contribution in [1.82, 2.24) is 13.9 Å². The Hall–Kier alpha value is -1.73. The summed E-state index contributed by atoms with van der Waals surface area (Å²) in [6.45, 7) is 8.94. The lowest BCUT2D eigenvalue weighted by Gasteiger charge is -2.42. The number of piperazine rings is 1. The number of hydrogen-bond donors (Lipinski definition) is 1. The van der Waals surface area contributed by atoms with Crippen LogP contribution in [-0.4, -0.2) is 99.0 Å². The average Bonchev–Trinajstić information content (AvgIpc) is 3.70. The molecule has 2 amide bonds. The highest BCUT2D eigenvalue weighted by molar-refractivity contribution is 7.87. The summed E-state index contributed by atoms with van der Waals surface area (Å²) < 4.78 is 52.1. The van der Waals surface area contributed by atoms with Gasteiger partial charge in [0.25, 0.3) is 0 Å². The molecule has 4 rings (SSSR count). The zero-order chi connectivity index (χ0) is 25.6. The molecule has 1 N–H and O–H groups in total. The summed E-state index contributed by atoms with van der Waals surface area (Å²) in [6, 6.07) is 0. The van der Waals surface area contributed by atoms with Gasteiger partial charge >= 0.3 is 16.3 Å². The number of carbonyl (C=O) groups is 2. The zero-order valence-electron chi connectivity index (χ0n) is 21.1. The number of methoxy groups -OCH3 is 1. The molecule has 11 nitrogen and oxygen atoms in total. The van der Waals surface area contributed by atoms with Gasteiger partial charge in [-0.1, -0.05) is 11.6 Å². The van der Waals surface area contributed by atoms with Crippen LogP contribution < -0.4 is 4.72 Å². The van der Waals surface area contributed by atoms with Crippen molar-refractivity contribution in [3.05, 3.63) is 11.6 Å². The predicted octanol–water partition coefficient (Wildman–Crippen LogP) is 1.20. The van der Waals surface area contributed by atoms with Gasteiger partial charge in [0, 0.05) is 40.2 Å². The first-order valence-corrected chi connectivity index (χ1v) is 13.6. The van der Waals surface area contributed by atoms with Gasteiger partial charge in [-0.3, -0.25) is 4.79 Å². The van der Waals surface area contributed by atoms with E-state index in [1.54, 1.807) is 12.0 Å². The molecule has 12 heteroatoms. The van der Waals surface area contributed by atoms with Crippen LogP contribution in [0.25, 0.3) is 0 Å². The maximum Gasteiger partial charge on any atom is 0.422 e. The Labute approximate surface area is 207 Å². The molecule has 0 radical (unpaired) electrons. The zero-order valence-corrected chi connectivity index (χ0v) is 21.9. The highest BCUT2D eigenvalue weighted by Crippen LogP contribution is 2.59. The van der Waals surface area contributed by atoms with Crippen LogP contribution in [0.1, 0.15) is 47.0 Å². The molecule has 3 aliphatic heterocycles. The molecule has 0 aromatic carbocycles. The van der Waals surface area contributed by atoms with E-state index >= 15 is 0 Å². The minimum atomic E-state index is -4.10. The van der Waals surface area contributed by atoms with E-state index in [1.807, 2.05) is 25.5 Å². The van der Waals surface area contributed by atoms with Crippen molar-refractivity contribution in [2.45, 2.75) is 76.5 Å². The molecule has 4 fully saturated rings. The lowest BCUT2D eigenvalue weighted by molar-refractivity contribution is -0.130. The fourth-order valence-electron chi connectivity index (χ4n) is 5.64. The average molecular weight is 516 g/mol. The molecule has 198 valence electrons. The van der Waals surface area contributed by atoms with E-state index in [1.165, 1.54) is 12.5 Å². The summed E-state index contributed by atoms with van der Waals surface area (Å²) in [4.78, 5) is 25.7. The molecule has 0 aromatic rings. The van der Waals surface area contributed by atoms with Gasteiger partial charge in [-0.25, -0.2) is 9.52 Å². The number of rotatable bonds is 7. The van der Waals surface area contributed by atoms with Crippen LogP contribution in [0.2, 0.25) is 0 Å². The fourth-order valence-corrected chi connectivity index (χ4v) is 6.68. The lowest BCUT2D eigenvalue weighted by atomic mass is 9.68. The minimum absolute atomic E-state index is 0.0164. The molecule has 4 aliphatic rings. The van der Waals surface area contributed by atoms with Crippen molar-refractivity contribution < 1.29 is 37.0 Å². The molecule has 1 aliphatic carbocycles. The third kappa shape index (κ3) is 5.36. The van der Waals surface area contributed by atoms with Crippen LogP contribution in [0.5, 0.6) is 0 Å². The SMILES string of the molecule is CO[C@@H]1[C@H](OC(=O)NS(=O)(=O)N2CCN(C(C)=O)CC2)CC[C@]2(CO2)[C@H]1[C@@]1(C)O[C@@H]1CC=C(C)C. The number of epoxide rings is 2. The molecule has 0 unspecified atom stereocenters. The van der Waals surface area contributed by atoms with Crippen LogP contribution in [0.3, 0.4) is 0 Å². The number of amides is 2. The van der Waals surface area contributed by atoms with E-state index in [0.29, 0.717) is 19.4 Å². The van der Waals surface area contributed by atoms with Crippen LogP contribution in [-0.2, 0) is 34.0 Å². The van der Waals surface area contributed by atoms with Crippen molar-refractivity contribution in [1.29, 1.82) is 0 Å². The Morgan fingerprint density at radius 1 is 1.17 bits per heavy atom. The molecular formula is C23H37N3O8S. The van der Waals surface area contributed by atoms with Crippen molar-refractivity contribution in [3.8, 4) is 0 Å². The summed E-state index contributed by atoms with van der Waals surface area (Å²) >= 11 is 0. The Bertz CT molecular complexity index is 969. The summed E-state index contributed by atoms with van der Waals surface area (Å²) in [5.41, 5.74) is 0.367. The highest BCUT2D eigenvalue weighted by Gasteiger charge is 2.72. The van der Waals surface area contributed by atoms with Gasteiger partial charge in [0.1, 0.15) is 23.4 Å². The molecular weight excluding hydrogens is 478 g/mol. The molecule has 1 saturated carbocycles. The summed E-state index contributed by atoms with van der Waals surface area (Å²) in [5.74, 6) is -0.265. The van der Waals surface area contributed by atoms with Gasteiger partial charge < -0.3 is 23.8 Å². The van der Waals surface area contributed by atoms with Gasteiger partial charge in [0.2, 0.25) is 5.91 Å². The lowest BCUT2D eigenvalue weighted by Crippen LogP contribution is -2.57. The second kappa shape index (κ2) is 9.62. The first-order valence-electron chi connectivity index (χ1n) is 12.1. The number of ether oxygens (including phenoxy) is 4. The molecule has 0 aromatic heterocycles. The Balaban J connectivity index is 1.40. The summed E-state index contributed by atoms with van der Waals surface area (Å²) in [5, 5.41) is 0. The predicted molar refractivity (Wildman–Crippen MR) is 126 cm³/mol. The van der Waals surface area contributed by atoms with Gasteiger partial charge in [0.15, 0.2) is 0 Å². The minimum Gasteiger partial charge on any atom is -0.443 e. The van der Waals surface area contributed by atoms with Gasteiger partial charge in [-0.2, -0.15) is 12.7 Å². The van der Waals surface area contributed by atoms with Gasteiger partial charge in [0.05, 0.1) is 18.6 Å². The number of nitrogens with zero attached hydrogens (tertiary/aromatic N) is 2. The Kier molecular flexibility index (Phi) is 7.24. The van der Waals surface area contributed by atoms with Crippen molar-refractivity contribution in [2.24, 2.45) is 5.92 Å². The molecule has 3 saturated heterocycles. The maximum atomic E-state index is 12.7. The third-order valence-electron chi connectivity index (χ3n) is 7.73. The van der Waals surface area contributed by atoms with E-state index in [4.69, 9.17) is 18.9 Å². The Morgan fingerprint density at radius 2 is 1.83 bits per heavy atom. The molecule has 35 heavy (non-hydrogen) atoms. The van der Waals surface area contributed by atoms with Crippen molar-refractivity contribution >= 4 is 22.2 Å². The first kappa shape index (κ1) is 26.3. The number of hydrogen-bond acceptors (Lipinski definition) is 8. The largest absolute Gasteiger partial charge is 0.443 e.